The molecule has 1 aliphatic rings. The first kappa shape index (κ1) is 29.8. The van der Waals surface area contributed by atoms with Crippen molar-refractivity contribution in [1.82, 2.24) is 30.0 Å². The van der Waals surface area contributed by atoms with Crippen LogP contribution in [0.4, 0.5) is 10.6 Å². The molecule has 0 aliphatic carbocycles. The van der Waals surface area contributed by atoms with E-state index < -0.39 is 5.60 Å². The van der Waals surface area contributed by atoms with E-state index in [1.807, 2.05) is 73.7 Å². The number of likely N-dealkylation sites (tertiary alicyclic amines) is 1. The predicted molar refractivity (Wildman–Crippen MR) is 165 cm³/mol. The summed E-state index contributed by atoms with van der Waals surface area (Å²) in [6, 6.07) is 13.2. The number of nitrogens with two attached hydrogens (primary N) is 1. The van der Waals surface area contributed by atoms with Crippen LogP contribution in [0.3, 0.4) is 0 Å². The van der Waals surface area contributed by atoms with Gasteiger partial charge in [-0.15, -0.1) is 0 Å². The number of hydrogen-bond donors (Lipinski definition) is 2. The van der Waals surface area contributed by atoms with Crippen LogP contribution in [0, 0.1) is 6.92 Å². The van der Waals surface area contributed by atoms with Gasteiger partial charge in [-0.1, -0.05) is 35.9 Å². The number of hydrogen-bond acceptors (Lipinski definition) is 8. The van der Waals surface area contributed by atoms with Gasteiger partial charge in [-0.05, 0) is 64.7 Å². The first-order valence-corrected chi connectivity index (χ1v) is 14.5. The van der Waals surface area contributed by atoms with Crippen molar-refractivity contribution < 1.29 is 19.1 Å². The van der Waals surface area contributed by atoms with Crippen LogP contribution in [-0.4, -0.2) is 61.9 Å². The summed E-state index contributed by atoms with van der Waals surface area (Å²) in [6.07, 6.45) is 3.90. The third-order valence-electron chi connectivity index (χ3n) is 7.48. The third kappa shape index (κ3) is 6.71. The van der Waals surface area contributed by atoms with Gasteiger partial charge in [-0.2, -0.15) is 5.10 Å². The topological polar surface area (TPSA) is 137 Å². The molecule has 4 aromatic rings. The summed E-state index contributed by atoms with van der Waals surface area (Å²) in [5.74, 6) is 0.660. The highest BCUT2D eigenvalue weighted by molar-refractivity contribution is 5.98. The summed E-state index contributed by atoms with van der Waals surface area (Å²) in [4.78, 5) is 36.4. The largest absolute Gasteiger partial charge is 0.496 e. The zero-order valence-corrected chi connectivity index (χ0v) is 25.4. The molecule has 3 heterocycles. The van der Waals surface area contributed by atoms with Crippen molar-refractivity contribution in [3.63, 3.8) is 0 Å². The van der Waals surface area contributed by atoms with E-state index in [9.17, 15) is 9.59 Å². The van der Waals surface area contributed by atoms with Crippen LogP contribution < -0.4 is 15.8 Å². The normalized spacial score (nSPS) is 15.4. The monoisotopic (exact) mass is 585 g/mol. The first-order valence-electron chi connectivity index (χ1n) is 14.5. The molecule has 43 heavy (non-hydrogen) atoms. The summed E-state index contributed by atoms with van der Waals surface area (Å²) in [5.41, 5.74) is 10.3. The Labute approximate surface area is 251 Å². The summed E-state index contributed by atoms with van der Waals surface area (Å²) >= 11 is 0. The summed E-state index contributed by atoms with van der Waals surface area (Å²) in [6.45, 7) is 8.99. The Kier molecular flexibility index (Phi) is 8.52. The van der Waals surface area contributed by atoms with Crippen molar-refractivity contribution in [2.45, 2.75) is 71.7 Å². The van der Waals surface area contributed by atoms with E-state index in [4.69, 9.17) is 20.3 Å². The molecule has 0 saturated carbocycles. The second kappa shape index (κ2) is 12.3. The number of benzene rings is 2. The molecule has 2 aromatic carbocycles. The molecule has 11 nitrogen and oxygen atoms in total. The minimum atomic E-state index is -0.575. The van der Waals surface area contributed by atoms with Gasteiger partial charge < -0.3 is 25.4 Å². The second-order valence-corrected chi connectivity index (χ2v) is 11.9. The average molecular weight is 586 g/mol. The molecule has 1 atom stereocenters. The van der Waals surface area contributed by atoms with E-state index in [0.717, 1.165) is 36.0 Å². The van der Waals surface area contributed by atoms with E-state index in [1.54, 1.807) is 13.2 Å². The number of piperidine rings is 1. The maximum atomic E-state index is 13.0. The Morgan fingerprint density at radius 1 is 1.09 bits per heavy atom. The Morgan fingerprint density at radius 3 is 2.58 bits per heavy atom. The Morgan fingerprint density at radius 2 is 1.86 bits per heavy atom. The average Bonchev–Trinajstić information content (AvgIpc) is 3.35. The lowest BCUT2D eigenvalue weighted by Gasteiger charge is -2.36. The Balaban J connectivity index is 1.36. The third-order valence-corrected chi connectivity index (χ3v) is 7.48. The zero-order chi connectivity index (χ0) is 30.7. The van der Waals surface area contributed by atoms with Gasteiger partial charge in [0.15, 0.2) is 5.65 Å². The molecule has 11 heteroatoms. The maximum Gasteiger partial charge on any atom is 0.410 e. The molecule has 226 valence electrons. The molecule has 0 radical (unpaired) electrons. The fourth-order valence-electron chi connectivity index (χ4n) is 5.37. The summed E-state index contributed by atoms with van der Waals surface area (Å²) in [5, 5.41) is 8.56. The highest BCUT2D eigenvalue weighted by atomic mass is 16.6. The lowest BCUT2D eigenvalue weighted by Crippen LogP contribution is -2.48. The van der Waals surface area contributed by atoms with Crippen LogP contribution >= 0.6 is 0 Å². The van der Waals surface area contributed by atoms with Gasteiger partial charge in [0.25, 0.3) is 5.91 Å². The van der Waals surface area contributed by atoms with E-state index >= 15 is 0 Å². The molecule has 2 amide bonds. The summed E-state index contributed by atoms with van der Waals surface area (Å²) < 4.78 is 12.9. The maximum absolute atomic E-state index is 13.0. The molecule has 1 fully saturated rings. The molecule has 1 aliphatic heterocycles. The predicted octanol–water partition coefficient (Wildman–Crippen LogP) is 5.11. The quantitative estimate of drug-likeness (QED) is 0.305. The number of amides is 2. The van der Waals surface area contributed by atoms with Gasteiger partial charge in [-0.25, -0.2) is 19.4 Å². The lowest BCUT2D eigenvalue weighted by atomic mass is 10.0. The molecule has 2 aromatic heterocycles. The SMILES string of the molecule is COc1ccc(C)cc1C(=O)NCc1ccc(-c2nn(CC3CCCCN3C(=O)OC(C)(C)C)c3ncnc(N)c23)cc1. The number of nitrogen functional groups attached to an aromatic ring is 1. The van der Waals surface area contributed by atoms with E-state index in [1.165, 1.54) is 6.33 Å². The zero-order valence-electron chi connectivity index (χ0n) is 25.4. The van der Waals surface area contributed by atoms with Crippen LogP contribution in [0.15, 0.2) is 48.8 Å². The van der Waals surface area contributed by atoms with Gasteiger partial charge in [0, 0.05) is 18.7 Å². The van der Waals surface area contributed by atoms with Crippen molar-refractivity contribution in [2.24, 2.45) is 0 Å². The number of carbonyl (C=O) groups excluding carboxylic acids is 2. The number of anilines is 1. The van der Waals surface area contributed by atoms with Crippen LogP contribution in [0.5, 0.6) is 5.75 Å². The molecule has 0 spiro atoms. The highest BCUT2D eigenvalue weighted by Gasteiger charge is 2.32. The van der Waals surface area contributed by atoms with E-state index in [-0.39, 0.29) is 18.0 Å². The van der Waals surface area contributed by atoms with Crippen molar-refractivity contribution >= 4 is 28.9 Å². The number of nitrogens with one attached hydrogen (secondary N) is 1. The highest BCUT2D eigenvalue weighted by Crippen LogP contribution is 2.31. The molecule has 5 rings (SSSR count). The van der Waals surface area contributed by atoms with Crippen LogP contribution in [-0.2, 0) is 17.8 Å². The first-order chi connectivity index (χ1) is 20.5. The number of methoxy groups -OCH3 is 1. The van der Waals surface area contributed by atoms with Gasteiger partial charge in [-0.3, -0.25) is 4.79 Å². The van der Waals surface area contributed by atoms with E-state index in [2.05, 4.69) is 15.3 Å². The fraction of sp³-hybridized carbons (Fsp3) is 0.406. The van der Waals surface area contributed by atoms with Crippen molar-refractivity contribution in [3.8, 4) is 17.0 Å². The van der Waals surface area contributed by atoms with Crippen LogP contribution in [0.2, 0.25) is 0 Å². The minimum Gasteiger partial charge on any atom is -0.496 e. The van der Waals surface area contributed by atoms with Crippen molar-refractivity contribution in [2.75, 3.05) is 19.4 Å². The van der Waals surface area contributed by atoms with Gasteiger partial charge in [0.1, 0.15) is 29.2 Å². The second-order valence-electron chi connectivity index (χ2n) is 11.9. The van der Waals surface area contributed by atoms with Crippen LogP contribution in [0.25, 0.3) is 22.3 Å². The lowest BCUT2D eigenvalue weighted by molar-refractivity contribution is 0.00752. The smallest absolute Gasteiger partial charge is 0.410 e. The van der Waals surface area contributed by atoms with E-state index in [0.29, 0.717) is 53.5 Å². The number of carbonyl (C=O) groups is 2. The molecule has 0 bridgehead atoms. The Bertz CT molecular complexity index is 1630. The standard InChI is InChI=1S/C32H39N7O4/c1-20-9-14-25(42-5)24(16-20)30(40)34-17-21-10-12-22(13-11-21)27-26-28(33)35-19-36-29(26)39(37-27)18-23-8-6-7-15-38(23)31(41)43-32(2,3)4/h9-14,16,19,23H,6-8,15,17-18H2,1-5H3,(H,34,40)(H2,33,35,36). The Hall–Kier alpha value is -4.67. The molecule has 3 N–H and O–H groups in total. The number of fused-ring (bicyclic) bond motifs is 1. The minimum absolute atomic E-state index is 0.0891. The van der Waals surface area contributed by atoms with Gasteiger partial charge in [0.05, 0.1) is 30.6 Å². The summed E-state index contributed by atoms with van der Waals surface area (Å²) in [7, 11) is 1.55. The van der Waals surface area contributed by atoms with Crippen LogP contribution in [0.1, 0.15) is 61.5 Å². The molecule has 1 saturated heterocycles. The number of nitrogens with zero attached hydrogens (tertiary/aromatic N) is 5. The van der Waals surface area contributed by atoms with Gasteiger partial charge >= 0.3 is 6.09 Å². The van der Waals surface area contributed by atoms with Crippen molar-refractivity contribution in [3.05, 3.63) is 65.5 Å². The number of rotatable bonds is 7. The number of aryl methyl sites for hydroxylation is 1. The number of aromatic nitrogens is 4. The molecular formula is C32H39N7O4. The molecular weight excluding hydrogens is 546 g/mol. The van der Waals surface area contributed by atoms with Gasteiger partial charge in [0.2, 0.25) is 0 Å². The van der Waals surface area contributed by atoms with Crippen molar-refractivity contribution in [1.29, 1.82) is 0 Å². The fourth-order valence-corrected chi connectivity index (χ4v) is 5.37. The molecule has 1 unspecified atom stereocenters. The number of ether oxygens (including phenoxy) is 2.